The van der Waals surface area contributed by atoms with Crippen molar-refractivity contribution in [3.05, 3.63) is 24.5 Å². The molecule has 14 heavy (non-hydrogen) atoms. The number of ether oxygens (including phenoxy) is 1. The lowest BCUT2D eigenvalue weighted by molar-refractivity contribution is -0.147. The molecule has 0 aliphatic heterocycles. The summed E-state index contributed by atoms with van der Waals surface area (Å²) >= 11 is 0. The van der Waals surface area contributed by atoms with Crippen LogP contribution in [0.3, 0.4) is 0 Å². The molecule has 0 spiro atoms. The van der Waals surface area contributed by atoms with Crippen LogP contribution in [-0.4, -0.2) is 5.97 Å². The maximum Gasteiger partial charge on any atom is 0.316 e. The number of carbonyl (C=O) groups excluding carboxylic acids is 1. The molecule has 2 heteroatoms. The third-order valence-electron chi connectivity index (χ3n) is 1.60. The topological polar surface area (TPSA) is 26.3 Å². The van der Waals surface area contributed by atoms with E-state index in [9.17, 15) is 4.79 Å². The fourth-order valence-electron chi connectivity index (χ4n) is 0.688. The Morgan fingerprint density at radius 2 is 2.00 bits per heavy atom. The van der Waals surface area contributed by atoms with Gasteiger partial charge in [0.2, 0.25) is 0 Å². The van der Waals surface area contributed by atoms with E-state index in [1.54, 1.807) is 6.08 Å². The van der Waals surface area contributed by atoms with E-state index in [4.69, 9.17) is 4.74 Å². The number of rotatable bonds is 4. The van der Waals surface area contributed by atoms with Crippen molar-refractivity contribution in [3.63, 3.8) is 0 Å². The normalized spacial score (nSPS) is 11.7. The van der Waals surface area contributed by atoms with Crippen molar-refractivity contribution in [2.75, 3.05) is 0 Å². The molecule has 0 aliphatic carbocycles. The number of hydrogen-bond acceptors (Lipinski definition) is 2. The molecule has 0 atom stereocenters. The van der Waals surface area contributed by atoms with Gasteiger partial charge < -0.3 is 4.74 Å². The molecular weight excluding hydrogens is 176 g/mol. The smallest absolute Gasteiger partial charge is 0.316 e. The summed E-state index contributed by atoms with van der Waals surface area (Å²) in [6, 6.07) is 0. The SMILES string of the molecule is C=C(/C=C/CCC)OC(=O)C(C)(C)C. The Kier molecular flexibility index (Phi) is 5.21. The third kappa shape index (κ3) is 5.57. The van der Waals surface area contributed by atoms with Crippen LogP contribution >= 0.6 is 0 Å². The van der Waals surface area contributed by atoms with Crippen molar-refractivity contribution in [2.24, 2.45) is 5.41 Å². The van der Waals surface area contributed by atoms with Gasteiger partial charge in [-0.1, -0.05) is 26.0 Å². The Balaban J connectivity index is 4.02. The number of hydrogen-bond donors (Lipinski definition) is 0. The Morgan fingerprint density at radius 3 is 2.43 bits per heavy atom. The zero-order valence-corrected chi connectivity index (χ0v) is 9.59. The summed E-state index contributed by atoms with van der Waals surface area (Å²) in [5.41, 5.74) is -0.471. The fourth-order valence-corrected chi connectivity index (χ4v) is 0.688. The fraction of sp³-hybridized carbons (Fsp3) is 0.583. The first-order valence-corrected chi connectivity index (χ1v) is 4.95. The zero-order valence-electron chi connectivity index (χ0n) is 9.59. The van der Waals surface area contributed by atoms with Crippen LogP contribution in [0.1, 0.15) is 40.5 Å². The molecule has 0 aliphatic rings. The van der Waals surface area contributed by atoms with Crippen molar-refractivity contribution in [3.8, 4) is 0 Å². The second kappa shape index (κ2) is 5.63. The van der Waals surface area contributed by atoms with E-state index in [2.05, 4.69) is 13.5 Å². The van der Waals surface area contributed by atoms with Crippen molar-refractivity contribution < 1.29 is 9.53 Å². The third-order valence-corrected chi connectivity index (χ3v) is 1.60. The van der Waals surface area contributed by atoms with Crippen LogP contribution in [0.4, 0.5) is 0 Å². The largest absolute Gasteiger partial charge is 0.427 e. The molecule has 2 nitrogen and oxygen atoms in total. The number of esters is 1. The van der Waals surface area contributed by atoms with E-state index < -0.39 is 5.41 Å². The van der Waals surface area contributed by atoms with Crippen LogP contribution in [0.2, 0.25) is 0 Å². The monoisotopic (exact) mass is 196 g/mol. The van der Waals surface area contributed by atoms with Crippen LogP contribution in [0.15, 0.2) is 24.5 Å². The zero-order chi connectivity index (χ0) is 11.2. The standard InChI is InChI=1S/C12H20O2/c1-6-7-8-9-10(2)14-11(13)12(3,4)5/h8-9H,2,6-7H2,1,3-5H3/b9-8+. The molecule has 0 N–H and O–H groups in total. The molecule has 0 aromatic rings. The molecule has 80 valence electrons. The summed E-state index contributed by atoms with van der Waals surface area (Å²) in [6.07, 6.45) is 5.76. The van der Waals surface area contributed by atoms with Gasteiger partial charge >= 0.3 is 5.97 Å². The van der Waals surface area contributed by atoms with Crippen LogP contribution in [0.25, 0.3) is 0 Å². The molecule has 0 saturated heterocycles. The van der Waals surface area contributed by atoms with E-state index in [1.807, 2.05) is 26.8 Å². The van der Waals surface area contributed by atoms with E-state index in [0.29, 0.717) is 5.76 Å². The highest BCUT2D eigenvalue weighted by molar-refractivity contribution is 5.76. The van der Waals surface area contributed by atoms with Crippen LogP contribution in [-0.2, 0) is 9.53 Å². The molecule has 0 rings (SSSR count). The molecule has 0 heterocycles. The van der Waals surface area contributed by atoms with Gasteiger partial charge in [-0.2, -0.15) is 0 Å². The Morgan fingerprint density at radius 1 is 1.43 bits per heavy atom. The van der Waals surface area contributed by atoms with E-state index >= 15 is 0 Å². The predicted octanol–water partition coefficient (Wildman–Crippen LogP) is 3.45. The summed E-state index contributed by atoms with van der Waals surface area (Å²) in [5, 5.41) is 0. The Bertz CT molecular complexity index is 231. The van der Waals surface area contributed by atoms with Gasteiger partial charge in [-0.05, 0) is 33.3 Å². The second-order valence-electron chi connectivity index (χ2n) is 4.30. The second-order valence-corrected chi connectivity index (χ2v) is 4.30. The van der Waals surface area contributed by atoms with Gasteiger partial charge in [0, 0.05) is 0 Å². The average molecular weight is 196 g/mol. The maximum absolute atomic E-state index is 11.4. The summed E-state index contributed by atoms with van der Waals surface area (Å²) in [5.74, 6) is 0.169. The van der Waals surface area contributed by atoms with Crippen molar-refractivity contribution in [1.82, 2.24) is 0 Å². The Hall–Kier alpha value is -1.05. The highest BCUT2D eigenvalue weighted by Crippen LogP contribution is 2.17. The molecule has 0 amide bonds. The summed E-state index contributed by atoms with van der Waals surface area (Å²) in [6.45, 7) is 11.2. The highest BCUT2D eigenvalue weighted by atomic mass is 16.5. The van der Waals surface area contributed by atoms with Crippen molar-refractivity contribution in [2.45, 2.75) is 40.5 Å². The molecule has 0 unspecified atom stereocenters. The highest BCUT2D eigenvalue weighted by Gasteiger charge is 2.23. The number of carbonyl (C=O) groups is 1. The number of allylic oxidation sites excluding steroid dienone is 2. The van der Waals surface area contributed by atoms with Gasteiger partial charge in [0.05, 0.1) is 5.41 Å². The lowest BCUT2D eigenvalue weighted by Crippen LogP contribution is -2.22. The molecule has 0 bridgehead atoms. The lowest BCUT2D eigenvalue weighted by atomic mass is 9.97. The van der Waals surface area contributed by atoms with Gasteiger partial charge in [-0.25, -0.2) is 0 Å². The van der Waals surface area contributed by atoms with Crippen LogP contribution in [0.5, 0.6) is 0 Å². The van der Waals surface area contributed by atoms with Gasteiger partial charge in [0.25, 0.3) is 0 Å². The molecule has 0 aromatic heterocycles. The van der Waals surface area contributed by atoms with E-state index in [-0.39, 0.29) is 5.97 Å². The Labute approximate surface area is 86.6 Å². The molecule has 0 saturated carbocycles. The van der Waals surface area contributed by atoms with Gasteiger partial charge in [-0.15, -0.1) is 0 Å². The average Bonchev–Trinajstić information content (AvgIpc) is 2.03. The quantitative estimate of drug-likeness (QED) is 0.391. The first kappa shape index (κ1) is 12.9. The summed E-state index contributed by atoms with van der Waals surface area (Å²) < 4.78 is 5.04. The minimum absolute atomic E-state index is 0.247. The molecular formula is C12H20O2. The maximum atomic E-state index is 11.4. The van der Waals surface area contributed by atoms with E-state index in [0.717, 1.165) is 12.8 Å². The van der Waals surface area contributed by atoms with Crippen molar-refractivity contribution in [1.29, 1.82) is 0 Å². The summed E-state index contributed by atoms with van der Waals surface area (Å²) in [7, 11) is 0. The van der Waals surface area contributed by atoms with Crippen molar-refractivity contribution >= 4 is 5.97 Å². The van der Waals surface area contributed by atoms with Gasteiger partial charge in [-0.3, -0.25) is 4.79 Å². The van der Waals surface area contributed by atoms with Crippen LogP contribution in [0, 0.1) is 5.41 Å². The van der Waals surface area contributed by atoms with Crippen LogP contribution < -0.4 is 0 Å². The minimum atomic E-state index is -0.471. The van der Waals surface area contributed by atoms with E-state index in [1.165, 1.54) is 0 Å². The minimum Gasteiger partial charge on any atom is -0.427 e. The predicted molar refractivity (Wildman–Crippen MR) is 58.7 cm³/mol. The molecule has 0 fully saturated rings. The lowest BCUT2D eigenvalue weighted by Gasteiger charge is -2.16. The molecule has 0 radical (unpaired) electrons. The first-order chi connectivity index (χ1) is 6.38. The molecule has 0 aromatic carbocycles. The number of unbranched alkanes of at least 4 members (excludes halogenated alkanes) is 1. The van der Waals surface area contributed by atoms with Gasteiger partial charge in [0.1, 0.15) is 5.76 Å². The summed E-state index contributed by atoms with van der Waals surface area (Å²) in [4.78, 5) is 11.4. The first-order valence-electron chi connectivity index (χ1n) is 4.95. The van der Waals surface area contributed by atoms with Gasteiger partial charge in [0.15, 0.2) is 0 Å².